The van der Waals surface area contributed by atoms with E-state index in [1.807, 2.05) is 32.2 Å². The van der Waals surface area contributed by atoms with Gasteiger partial charge in [-0.2, -0.15) is 0 Å². The van der Waals surface area contributed by atoms with E-state index in [9.17, 15) is 0 Å². The summed E-state index contributed by atoms with van der Waals surface area (Å²) in [4.78, 5) is 10.1. The predicted molar refractivity (Wildman–Crippen MR) is 80.0 cm³/mol. The highest BCUT2D eigenvalue weighted by Crippen LogP contribution is 2.24. The van der Waals surface area contributed by atoms with Gasteiger partial charge in [0.05, 0.1) is 5.75 Å². The smallest absolute Gasteiger partial charge is 0.141 e. The van der Waals surface area contributed by atoms with Crippen LogP contribution >= 0.6 is 27.7 Å². The number of halogens is 1. The summed E-state index contributed by atoms with van der Waals surface area (Å²) in [5, 5.41) is 3.05. The van der Waals surface area contributed by atoms with Gasteiger partial charge < -0.3 is 5.32 Å². The molecule has 0 aliphatic carbocycles. The van der Waals surface area contributed by atoms with Crippen molar-refractivity contribution < 1.29 is 0 Å². The Morgan fingerprint density at radius 2 is 2.11 bits per heavy atom. The second kappa shape index (κ2) is 6.20. The maximum absolute atomic E-state index is 4.44. The van der Waals surface area contributed by atoms with Crippen molar-refractivity contribution in [3.8, 4) is 0 Å². The quantitative estimate of drug-likeness (QED) is 0.866. The zero-order valence-corrected chi connectivity index (χ0v) is 12.7. The van der Waals surface area contributed by atoms with Gasteiger partial charge in [-0.1, -0.05) is 22.0 Å². The standard InChI is InChI=1S/C13H14BrN3S/c1-9-6-12(15-2)17-13(16-9)8-18-11-5-3-4-10(14)7-11/h3-7H,8H2,1-2H3,(H,15,16,17). The molecule has 0 amide bonds. The first-order valence-electron chi connectivity index (χ1n) is 5.58. The molecule has 0 fully saturated rings. The summed E-state index contributed by atoms with van der Waals surface area (Å²) in [7, 11) is 1.87. The summed E-state index contributed by atoms with van der Waals surface area (Å²) in [6.07, 6.45) is 0. The molecule has 94 valence electrons. The molecule has 0 aliphatic heterocycles. The van der Waals surface area contributed by atoms with Crippen molar-refractivity contribution in [2.45, 2.75) is 17.6 Å². The molecule has 18 heavy (non-hydrogen) atoms. The van der Waals surface area contributed by atoms with E-state index in [0.29, 0.717) is 0 Å². The van der Waals surface area contributed by atoms with E-state index < -0.39 is 0 Å². The molecule has 0 bridgehead atoms. The van der Waals surface area contributed by atoms with Gasteiger partial charge in [0.25, 0.3) is 0 Å². The molecule has 0 atom stereocenters. The number of hydrogen-bond acceptors (Lipinski definition) is 4. The molecule has 1 N–H and O–H groups in total. The van der Waals surface area contributed by atoms with E-state index in [2.05, 4.69) is 43.3 Å². The van der Waals surface area contributed by atoms with Gasteiger partial charge in [-0.3, -0.25) is 0 Å². The molecule has 0 saturated heterocycles. The monoisotopic (exact) mass is 323 g/mol. The minimum atomic E-state index is 0.771. The first-order valence-corrected chi connectivity index (χ1v) is 7.36. The fourth-order valence-corrected chi connectivity index (χ4v) is 2.89. The number of nitrogens with one attached hydrogen (secondary N) is 1. The molecule has 5 heteroatoms. The number of hydrogen-bond donors (Lipinski definition) is 1. The highest BCUT2D eigenvalue weighted by atomic mass is 79.9. The Kier molecular flexibility index (Phi) is 4.60. The molecule has 0 saturated carbocycles. The fourth-order valence-electron chi connectivity index (χ4n) is 1.53. The van der Waals surface area contributed by atoms with Crippen molar-refractivity contribution in [1.29, 1.82) is 0 Å². The van der Waals surface area contributed by atoms with Crippen LogP contribution in [0, 0.1) is 6.92 Å². The number of benzene rings is 1. The average Bonchev–Trinajstić information content (AvgIpc) is 2.36. The van der Waals surface area contributed by atoms with E-state index in [4.69, 9.17) is 0 Å². The largest absolute Gasteiger partial charge is 0.373 e. The number of aryl methyl sites for hydroxylation is 1. The molecule has 1 aromatic carbocycles. The molecular formula is C13H14BrN3S. The molecule has 0 unspecified atom stereocenters. The topological polar surface area (TPSA) is 37.8 Å². The molecule has 1 heterocycles. The summed E-state index contributed by atoms with van der Waals surface area (Å²) in [5.74, 6) is 2.49. The molecule has 0 aliphatic rings. The van der Waals surface area contributed by atoms with Crippen LogP contribution in [0.15, 0.2) is 39.7 Å². The summed E-state index contributed by atoms with van der Waals surface area (Å²) in [5.41, 5.74) is 0.985. The highest BCUT2D eigenvalue weighted by Gasteiger charge is 2.03. The van der Waals surface area contributed by atoms with Gasteiger partial charge in [0, 0.05) is 28.2 Å². The zero-order chi connectivity index (χ0) is 13.0. The van der Waals surface area contributed by atoms with E-state index >= 15 is 0 Å². The van der Waals surface area contributed by atoms with Crippen LogP contribution in [-0.2, 0) is 5.75 Å². The lowest BCUT2D eigenvalue weighted by Crippen LogP contribution is -2.00. The van der Waals surface area contributed by atoms with Gasteiger partial charge in [0.2, 0.25) is 0 Å². The van der Waals surface area contributed by atoms with Gasteiger partial charge in [-0.15, -0.1) is 11.8 Å². The third-order valence-corrected chi connectivity index (χ3v) is 3.80. The van der Waals surface area contributed by atoms with E-state index in [1.165, 1.54) is 4.90 Å². The van der Waals surface area contributed by atoms with Crippen molar-refractivity contribution in [1.82, 2.24) is 9.97 Å². The Morgan fingerprint density at radius 1 is 1.28 bits per heavy atom. The number of aromatic nitrogens is 2. The average molecular weight is 324 g/mol. The van der Waals surface area contributed by atoms with Crippen LogP contribution in [0.2, 0.25) is 0 Å². The molecule has 0 radical (unpaired) electrons. The first-order chi connectivity index (χ1) is 8.67. The van der Waals surface area contributed by atoms with Crippen LogP contribution in [0.3, 0.4) is 0 Å². The minimum Gasteiger partial charge on any atom is -0.373 e. The minimum absolute atomic E-state index is 0.771. The normalized spacial score (nSPS) is 10.4. The van der Waals surface area contributed by atoms with Crippen molar-refractivity contribution >= 4 is 33.5 Å². The van der Waals surface area contributed by atoms with Crippen LogP contribution in [0.25, 0.3) is 0 Å². The van der Waals surface area contributed by atoms with Gasteiger partial charge in [0.1, 0.15) is 11.6 Å². The third-order valence-electron chi connectivity index (χ3n) is 2.32. The summed E-state index contributed by atoms with van der Waals surface area (Å²) < 4.78 is 1.09. The van der Waals surface area contributed by atoms with Crippen molar-refractivity contribution in [2.24, 2.45) is 0 Å². The summed E-state index contributed by atoms with van der Waals surface area (Å²) >= 11 is 5.20. The van der Waals surface area contributed by atoms with Gasteiger partial charge in [0.15, 0.2) is 0 Å². The Morgan fingerprint density at radius 3 is 2.83 bits per heavy atom. The number of rotatable bonds is 4. The molecule has 2 rings (SSSR count). The van der Waals surface area contributed by atoms with E-state index in [-0.39, 0.29) is 0 Å². The molecular weight excluding hydrogens is 310 g/mol. The van der Waals surface area contributed by atoms with Crippen LogP contribution < -0.4 is 5.32 Å². The second-order valence-electron chi connectivity index (χ2n) is 3.81. The van der Waals surface area contributed by atoms with Crippen LogP contribution in [0.4, 0.5) is 5.82 Å². The van der Waals surface area contributed by atoms with Crippen LogP contribution in [-0.4, -0.2) is 17.0 Å². The molecule has 0 spiro atoms. The third kappa shape index (κ3) is 3.71. The first kappa shape index (κ1) is 13.4. The lowest BCUT2D eigenvalue weighted by atomic mass is 10.4. The number of nitrogens with zero attached hydrogens (tertiary/aromatic N) is 2. The fraction of sp³-hybridized carbons (Fsp3) is 0.231. The maximum Gasteiger partial charge on any atom is 0.141 e. The lowest BCUT2D eigenvalue weighted by Gasteiger charge is -2.05. The molecule has 3 nitrogen and oxygen atoms in total. The van der Waals surface area contributed by atoms with Gasteiger partial charge >= 0.3 is 0 Å². The highest BCUT2D eigenvalue weighted by molar-refractivity contribution is 9.10. The van der Waals surface area contributed by atoms with Gasteiger partial charge in [-0.25, -0.2) is 9.97 Å². The Hall–Kier alpha value is -1.07. The van der Waals surface area contributed by atoms with Crippen LogP contribution in [0.5, 0.6) is 0 Å². The number of anilines is 1. The second-order valence-corrected chi connectivity index (χ2v) is 5.77. The Bertz CT molecular complexity index is 546. The lowest BCUT2D eigenvalue weighted by molar-refractivity contribution is 0.996. The van der Waals surface area contributed by atoms with E-state index in [1.54, 1.807) is 11.8 Å². The Labute approximate surface area is 120 Å². The zero-order valence-electron chi connectivity index (χ0n) is 10.3. The van der Waals surface area contributed by atoms with Crippen LogP contribution in [0.1, 0.15) is 11.5 Å². The Balaban J connectivity index is 2.08. The van der Waals surface area contributed by atoms with Crippen molar-refractivity contribution in [2.75, 3.05) is 12.4 Å². The molecule has 1 aromatic heterocycles. The van der Waals surface area contributed by atoms with Gasteiger partial charge in [-0.05, 0) is 25.1 Å². The van der Waals surface area contributed by atoms with Crippen molar-refractivity contribution in [3.63, 3.8) is 0 Å². The number of thioether (sulfide) groups is 1. The SMILES string of the molecule is CNc1cc(C)nc(CSc2cccc(Br)c2)n1. The maximum atomic E-state index is 4.44. The predicted octanol–water partition coefficient (Wildman–Crippen LogP) is 3.88. The van der Waals surface area contributed by atoms with E-state index in [0.717, 1.165) is 27.6 Å². The summed E-state index contributed by atoms with van der Waals surface area (Å²) in [6, 6.07) is 10.2. The molecule has 2 aromatic rings. The summed E-state index contributed by atoms with van der Waals surface area (Å²) in [6.45, 7) is 1.98. The van der Waals surface area contributed by atoms with Crippen molar-refractivity contribution in [3.05, 3.63) is 46.3 Å².